The minimum atomic E-state index is -0.187. The van der Waals surface area contributed by atoms with Gasteiger partial charge in [-0.25, -0.2) is 4.68 Å². The van der Waals surface area contributed by atoms with E-state index < -0.39 is 0 Å². The smallest absolute Gasteiger partial charge is 0.173 e. The summed E-state index contributed by atoms with van der Waals surface area (Å²) in [6.45, 7) is 12.4. The number of aromatic nitrogens is 4. The van der Waals surface area contributed by atoms with Gasteiger partial charge in [-0.15, -0.1) is 5.10 Å². The second kappa shape index (κ2) is 8.01. The summed E-state index contributed by atoms with van der Waals surface area (Å²) < 4.78 is 1.95. The third-order valence-corrected chi connectivity index (χ3v) is 4.77. The molecule has 2 aromatic carbocycles. The van der Waals surface area contributed by atoms with Crippen LogP contribution in [0.15, 0.2) is 54.6 Å². The predicted octanol–water partition coefficient (Wildman–Crippen LogP) is 4.35. The molecular formula is C22H29N5. The molecule has 0 bridgehead atoms. The van der Waals surface area contributed by atoms with E-state index in [4.69, 9.17) is 0 Å². The Kier molecular flexibility index (Phi) is 5.71. The highest BCUT2D eigenvalue weighted by atomic mass is 15.6. The number of hydrogen-bond donors (Lipinski definition) is 0. The lowest BCUT2D eigenvalue weighted by Crippen LogP contribution is -2.35. The SMILES string of the molecule is CCN(Cc1ccccc1)[C@@H](c1ccc(C)cc1)c1nnnn1C(C)(C)C. The van der Waals surface area contributed by atoms with Crippen LogP contribution in [0.3, 0.4) is 0 Å². The van der Waals surface area contributed by atoms with Crippen LogP contribution in [0.25, 0.3) is 0 Å². The second-order valence-corrected chi connectivity index (χ2v) is 7.98. The van der Waals surface area contributed by atoms with E-state index >= 15 is 0 Å². The quantitative estimate of drug-likeness (QED) is 0.653. The van der Waals surface area contributed by atoms with Crippen molar-refractivity contribution in [2.75, 3.05) is 6.54 Å². The van der Waals surface area contributed by atoms with Crippen LogP contribution in [0.1, 0.15) is 56.3 Å². The first kappa shape index (κ1) is 19.2. The van der Waals surface area contributed by atoms with Crippen LogP contribution in [0, 0.1) is 6.92 Å². The maximum atomic E-state index is 4.45. The number of benzene rings is 2. The van der Waals surface area contributed by atoms with Gasteiger partial charge in [0.05, 0.1) is 11.6 Å². The number of tetrazole rings is 1. The Hall–Kier alpha value is -2.53. The molecule has 5 heteroatoms. The molecule has 0 saturated heterocycles. The van der Waals surface area contributed by atoms with Crippen LogP contribution in [0.5, 0.6) is 0 Å². The zero-order valence-corrected chi connectivity index (χ0v) is 16.9. The lowest BCUT2D eigenvalue weighted by atomic mass is 10.0. The summed E-state index contributed by atoms with van der Waals surface area (Å²) in [6, 6.07) is 19.2. The monoisotopic (exact) mass is 363 g/mol. The normalized spacial score (nSPS) is 13.1. The van der Waals surface area contributed by atoms with E-state index in [2.05, 4.69) is 110 Å². The first-order valence-electron chi connectivity index (χ1n) is 9.53. The topological polar surface area (TPSA) is 46.8 Å². The first-order chi connectivity index (χ1) is 12.9. The average Bonchev–Trinajstić information content (AvgIpc) is 3.13. The molecule has 3 aromatic rings. The summed E-state index contributed by atoms with van der Waals surface area (Å²) in [4.78, 5) is 2.42. The van der Waals surface area contributed by atoms with Crippen molar-refractivity contribution in [1.82, 2.24) is 25.1 Å². The van der Waals surface area contributed by atoms with Crippen molar-refractivity contribution >= 4 is 0 Å². The number of hydrogen-bond acceptors (Lipinski definition) is 4. The minimum Gasteiger partial charge on any atom is -0.286 e. The summed E-state index contributed by atoms with van der Waals surface area (Å²) in [5.74, 6) is 0.879. The fraction of sp³-hybridized carbons (Fsp3) is 0.409. The molecule has 27 heavy (non-hydrogen) atoms. The molecule has 1 atom stereocenters. The molecule has 0 spiro atoms. The largest absolute Gasteiger partial charge is 0.286 e. The molecule has 142 valence electrons. The Morgan fingerprint density at radius 3 is 2.26 bits per heavy atom. The lowest BCUT2D eigenvalue weighted by molar-refractivity contribution is 0.203. The van der Waals surface area contributed by atoms with Crippen molar-refractivity contribution in [1.29, 1.82) is 0 Å². The fourth-order valence-corrected chi connectivity index (χ4v) is 3.32. The van der Waals surface area contributed by atoms with Crippen molar-refractivity contribution in [2.24, 2.45) is 0 Å². The Labute approximate surface area is 162 Å². The van der Waals surface area contributed by atoms with Crippen molar-refractivity contribution < 1.29 is 0 Å². The van der Waals surface area contributed by atoms with Gasteiger partial charge in [0.2, 0.25) is 0 Å². The van der Waals surface area contributed by atoms with Crippen LogP contribution in [-0.2, 0) is 12.1 Å². The maximum Gasteiger partial charge on any atom is 0.173 e. The molecule has 0 unspecified atom stereocenters. The highest BCUT2D eigenvalue weighted by Gasteiger charge is 2.30. The van der Waals surface area contributed by atoms with E-state index in [0.717, 1.165) is 18.9 Å². The van der Waals surface area contributed by atoms with Crippen LogP contribution in [-0.4, -0.2) is 31.7 Å². The molecule has 3 rings (SSSR count). The Morgan fingerprint density at radius 2 is 1.67 bits per heavy atom. The third-order valence-electron chi connectivity index (χ3n) is 4.77. The highest BCUT2D eigenvalue weighted by Crippen LogP contribution is 2.30. The molecule has 0 aliphatic heterocycles. The van der Waals surface area contributed by atoms with Gasteiger partial charge >= 0.3 is 0 Å². The summed E-state index contributed by atoms with van der Waals surface area (Å²) in [5.41, 5.74) is 3.55. The van der Waals surface area contributed by atoms with Crippen LogP contribution in [0.4, 0.5) is 0 Å². The average molecular weight is 364 g/mol. The van der Waals surface area contributed by atoms with Gasteiger partial charge in [-0.05, 0) is 55.8 Å². The van der Waals surface area contributed by atoms with Crippen molar-refractivity contribution in [3.05, 3.63) is 77.1 Å². The standard InChI is InChI=1S/C22H29N5/c1-6-26(16-18-10-8-7-9-11-18)20(19-14-12-17(2)13-15-19)21-23-24-25-27(21)22(3,4)5/h7-15,20H,6,16H2,1-5H3/t20-/m0/s1. The number of nitrogens with zero attached hydrogens (tertiary/aromatic N) is 5. The van der Waals surface area contributed by atoms with Crippen LogP contribution < -0.4 is 0 Å². The van der Waals surface area contributed by atoms with E-state index in [1.807, 2.05) is 4.68 Å². The number of rotatable bonds is 6. The van der Waals surface area contributed by atoms with E-state index in [-0.39, 0.29) is 11.6 Å². The Balaban J connectivity index is 2.07. The molecule has 1 aromatic heterocycles. The van der Waals surface area contributed by atoms with Gasteiger partial charge < -0.3 is 0 Å². The van der Waals surface area contributed by atoms with Gasteiger partial charge in [0.15, 0.2) is 5.82 Å². The van der Waals surface area contributed by atoms with Crippen molar-refractivity contribution in [3.8, 4) is 0 Å². The van der Waals surface area contributed by atoms with E-state index in [1.54, 1.807) is 0 Å². The zero-order valence-electron chi connectivity index (χ0n) is 16.9. The van der Waals surface area contributed by atoms with E-state index in [0.29, 0.717) is 0 Å². The molecule has 0 N–H and O–H groups in total. The first-order valence-corrected chi connectivity index (χ1v) is 9.53. The van der Waals surface area contributed by atoms with Gasteiger partial charge in [-0.1, -0.05) is 67.1 Å². The molecule has 0 amide bonds. The number of aryl methyl sites for hydroxylation is 1. The summed E-state index contributed by atoms with van der Waals surface area (Å²) >= 11 is 0. The van der Waals surface area contributed by atoms with Gasteiger partial charge in [0, 0.05) is 6.54 Å². The Bertz CT molecular complexity index is 846. The van der Waals surface area contributed by atoms with Gasteiger partial charge in [-0.3, -0.25) is 4.90 Å². The summed E-state index contributed by atoms with van der Waals surface area (Å²) in [6.07, 6.45) is 0. The molecular weight excluding hydrogens is 334 g/mol. The fourth-order valence-electron chi connectivity index (χ4n) is 3.32. The molecule has 0 saturated carbocycles. The van der Waals surface area contributed by atoms with E-state index in [1.165, 1.54) is 16.7 Å². The lowest BCUT2D eigenvalue weighted by Gasteiger charge is -2.32. The van der Waals surface area contributed by atoms with E-state index in [9.17, 15) is 0 Å². The van der Waals surface area contributed by atoms with Crippen molar-refractivity contribution in [3.63, 3.8) is 0 Å². The Morgan fingerprint density at radius 1 is 1.00 bits per heavy atom. The molecule has 0 fully saturated rings. The van der Waals surface area contributed by atoms with Crippen LogP contribution >= 0.6 is 0 Å². The van der Waals surface area contributed by atoms with Gasteiger partial charge in [0.25, 0.3) is 0 Å². The van der Waals surface area contributed by atoms with Gasteiger partial charge in [-0.2, -0.15) is 0 Å². The maximum absolute atomic E-state index is 4.45. The molecule has 1 heterocycles. The van der Waals surface area contributed by atoms with Crippen LogP contribution in [0.2, 0.25) is 0 Å². The highest BCUT2D eigenvalue weighted by molar-refractivity contribution is 5.29. The van der Waals surface area contributed by atoms with Crippen molar-refractivity contribution in [2.45, 2.75) is 52.7 Å². The zero-order chi connectivity index (χ0) is 19.4. The molecule has 5 nitrogen and oxygen atoms in total. The molecule has 0 radical (unpaired) electrons. The molecule has 0 aliphatic rings. The second-order valence-electron chi connectivity index (χ2n) is 7.98. The predicted molar refractivity (Wildman–Crippen MR) is 108 cm³/mol. The van der Waals surface area contributed by atoms with Gasteiger partial charge in [0.1, 0.15) is 0 Å². The molecule has 0 aliphatic carbocycles. The minimum absolute atomic E-state index is 0.00923. The summed E-state index contributed by atoms with van der Waals surface area (Å²) in [7, 11) is 0. The summed E-state index contributed by atoms with van der Waals surface area (Å²) in [5, 5.41) is 12.8. The third kappa shape index (κ3) is 4.42.